The maximum atomic E-state index is 12.5. The van der Waals surface area contributed by atoms with Crippen LogP contribution in [0.2, 0.25) is 0 Å². The Kier molecular flexibility index (Phi) is 2.72. The number of hydrogen-bond acceptors (Lipinski definition) is 2. The smallest absolute Gasteiger partial charge is 0.421 e. The average molecular weight is 219 g/mol. The van der Waals surface area contributed by atoms with E-state index in [-0.39, 0.29) is 0 Å². The van der Waals surface area contributed by atoms with Crippen molar-refractivity contribution in [3.05, 3.63) is 35.9 Å². The van der Waals surface area contributed by atoms with E-state index >= 15 is 0 Å². The summed E-state index contributed by atoms with van der Waals surface area (Å²) in [6, 6.07) is 6.13. The third-order valence-corrected chi connectivity index (χ3v) is 2.01. The maximum absolute atomic E-state index is 12.5. The van der Waals surface area contributed by atoms with E-state index < -0.39 is 23.2 Å². The maximum Gasteiger partial charge on any atom is 0.421 e. The quantitative estimate of drug-likeness (QED) is 0.791. The number of halogens is 3. The van der Waals surface area contributed by atoms with Gasteiger partial charge in [-0.05, 0) is 5.56 Å². The van der Waals surface area contributed by atoms with E-state index in [9.17, 15) is 18.0 Å². The molecule has 1 aromatic rings. The van der Waals surface area contributed by atoms with Gasteiger partial charge >= 0.3 is 12.1 Å². The van der Waals surface area contributed by atoms with Crippen molar-refractivity contribution in [1.29, 1.82) is 0 Å². The molecule has 82 valence electrons. The molecule has 0 aliphatic carbocycles. The minimum atomic E-state index is -5.04. The van der Waals surface area contributed by atoms with Crippen molar-refractivity contribution < 1.29 is 23.1 Å². The molecule has 0 bridgehead atoms. The topological polar surface area (TPSA) is 63.3 Å². The summed E-state index contributed by atoms with van der Waals surface area (Å²) in [5.41, 5.74) is 1.07. The monoisotopic (exact) mass is 219 g/mol. The van der Waals surface area contributed by atoms with Gasteiger partial charge < -0.3 is 10.8 Å². The normalized spacial score (nSPS) is 15.7. The number of carbonyl (C=O) groups is 1. The van der Waals surface area contributed by atoms with Gasteiger partial charge in [0.05, 0.1) is 0 Å². The van der Waals surface area contributed by atoms with Gasteiger partial charge in [0.1, 0.15) is 0 Å². The van der Waals surface area contributed by atoms with Gasteiger partial charge in [-0.1, -0.05) is 30.3 Å². The summed E-state index contributed by atoms with van der Waals surface area (Å²) in [4.78, 5) is 10.6. The number of rotatable bonds is 2. The van der Waals surface area contributed by atoms with Gasteiger partial charge in [-0.25, -0.2) is 4.79 Å². The molecular weight excluding hydrogens is 211 g/mol. The number of benzene rings is 1. The zero-order valence-electron chi connectivity index (χ0n) is 7.45. The molecule has 0 heterocycles. The molecule has 0 aliphatic heterocycles. The number of carboxylic acids is 1. The van der Waals surface area contributed by atoms with Crippen LogP contribution in [0, 0.1) is 0 Å². The summed E-state index contributed by atoms with van der Waals surface area (Å²) in [5.74, 6) is -2.12. The van der Waals surface area contributed by atoms with Gasteiger partial charge in [0.15, 0.2) is 0 Å². The number of alkyl halides is 3. The molecule has 3 nitrogen and oxygen atoms in total. The Morgan fingerprint density at radius 3 is 2.00 bits per heavy atom. The lowest BCUT2D eigenvalue weighted by Gasteiger charge is -2.27. The predicted octanol–water partition coefficient (Wildman–Crippen LogP) is 1.49. The molecule has 3 N–H and O–H groups in total. The van der Waals surface area contributed by atoms with E-state index in [1.807, 2.05) is 0 Å². The Hall–Kier alpha value is -1.56. The molecule has 0 aliphatic rings. The van der Waals surface area contributed by atoms with E-state index in [0.29, 0.717) is 0 Å². The van der Waals surface area contributed by atoms with Gasteiger partial charge in [0.2, 0.25) is 5.54 Å². The molecule has 1 atom stereocenters. The lowest BCUT2D eigenvalue weighted by atomic mass is 9.90. The summed E-state index contributed by atoms with van der Waals surface area (Å²) >= 11 is 0. The van der Waals surface area contributed by atoms with Gasteiger partial charge in [-0.15, -0.1) is 0 Å². The van der Waals surface area contributed by atoms with Gasteiger partial charge in [-0.2, -0.15) is 13.2 Å². The minimum Gasteiger partial charge on any atom is -0.479 e. The molecule has 0 aromatic heterocycles. The van der Waals surface area contributed by atoms with E-state index in [1.54, 1.807) is 0 Å². The molecule has 0 spiro atoms. The van der Waals surface area contributed by atoms with Crippen LogP contribution in [0.15, 0.2) is 30.3 Å². The highest BCUT2D eigenvalue weighted by Crippen LogP contribution is 2.36. The Balaban J connectivity index is 3.32. The highest BCUT2D eigenvalue weighted by molar-refractivity contribution is 5.81. The Labute approximate surface area is 83.3 Å². The van der Waals surface area contributed by atoms with Crippen LogP contribution in [0.4, 0.5) is 13.2 Å². The van der Waals surface area contributed by atoms with Crippen molar-refractivity contribution in [3.8, 4) is 0 Å². The van der Waals surface area contributed by atoms with Crippen molar-refractivity contribution in [2.24, 2.45) is 5.73 Å². The first-order valence-corrected chi connectivity index (χ1v) is 3.94. The van der Waals surface area contributed by atoms with Crippen molar-refractivity contribution in [2.75, 3.05) is 0 Å². The molecule has 1 unspecified atom stereocenters. The third kappa shape index (κ3) is 1.80. The molecule has 1 aromatic carbocycles. The molecule has 0 saturated carbocycles. The molecular formula is C9H8F3NO2. The van der Waals surface area contributed by atoms with Crippen LogP contribution in [0.1, 0.15) is 5.56 Å². The van der Waals surface area contributed by atoms with E-state index in [4.69, 9.17) is 10.8 Å². The SMILES string of the molecule is NC(C(=O)O)(c1ccccc1)C(F)(F)F. The second kappa shape index (κ2) is 3.54. The van der Waals surface area contributed by atoms with Crippen molar-refractivity contribution in [3.63, 3.8) is 0 Å². The highest BCUT2D eigenvalue weighted by Gasteiger charge is 2.59. The first kappa shape index (κ1) is 11.5. The van der Waals surface area contributed by atoms with E-state index in [1.165, 1.54) is 18.2 Å². The van der Waals surface area contributed by atoms with E-state index in [0.717, 1.165) is 12.1 Å². The Morgan fingerprint density at radius 1 is 1.20 bits per heavy atom. The van der Waals surface area contributed by atoms with Crippen LogP contribution < -0.4 is 5.73 Å². The van der Waals surface area contributed by atoms with Crippen LogP contribution in [-0.4, -0.2) is 17.3 Å². The molecule has 15 heavy (non-hydrogen) atoms. The van der Waals surface area contributed by atoms with E-state index in [2.05, 4.69) is 0 Å². The van der Waals surface area contributed by atoms with Gasteiger partial charge in [0.25, 0.3) is 0 Å². The second-order valence-electron chi connectivity index (χ2n) is 2.98. The third-order valence-electron chi connectivity index (χ3n) is 2.01. The highest BCUT2D eigenvalue weighted by atomic mass is 19.4. The van der Waals surface area contributed by atoms with Crippen LogP contribution in [0.3, 0.4) is 0 Å². The van der Waals surface area contributed by atoms with Crippen LogP contribution >= 0.6 is 0 Å². The Morgan fingerprint density at radius 2 is 1.67 bits per heavy atom. The first-order valence-electron chi connectivity index (χ1n) is 3.94. The molecule has 0 radical (unpaired) electrons. The summed E-state index contributed by atoms with van der Waals surface area (Å²) in [5, 5.41) is 8.58. The number of hydrogen-bond donors (Lipinski definition) is 2. The lowest BCUT2D eigenvalue weighted by molar-refractivity contribution is -0.204. The number of nitrogens with two attached hydrogens (primary N) is 1. The van der Waals surface area contributed by atoms with Crippen LogP contribution in [-0.2, 0) is 10.3 Å². The zero-order valence-corrected chi connectivity index (χ0v) is 7.45. The van der Waals surface area contributed by atoms with Crippen LogP contribution in [0.25, 0.3) is 0 Å². The molecule has 0 amide bonds. The molecule has 6 heteroatoms. The average Bonchev–Trinajstić information content (AvgIpc) is 2.16. The molecule has 0 fully saturated rings. The zero-order chi connectivity index (χ0) is 11.7. The van der Waals surface area contributed by atoms with Crippen LogP contribution in [0.5, 0.6) is 0 Å². The summed E-state index contributed by atoms with van der Waals surface area (Å²) in [6.45, 7) is 0. The fourth-order valence-electron chi connectivity index (χ4n) is 1.11. The van der Waals surface area contributed by atoms with Crippen molar-refractivity contribution in [2.45, 2.75) is 11.7 Å². The van der Waals surface area contributed by atoms with Crippen molar-refractivity contribution in [1.82, 2.24) is 0 Å². The molecule has 0 saturated heterocycles. The summed E-state index contributed by atoms with van der Waals surface area (Å²) in [7, 11) is 0. The minimum absolute atomic E-state index is 0.495. The fourth-order valence-corrected chi connectivity index (χ4v) is 1.11. The standard InChI is InChI=1S/C9H8F3NO2/c10-9(11,12)8(13,7(14)15)6-4-2-1-3-5-6/h1-5H,13H2,(H,14,15). The number of aliphatic carboxylic acids is 1. The fraction of sp³-hybridized carbons (Fsp3) is 0.222. The summed E-state index contributed by atoms with van der Waals surface area (Å²) < 4.78 is 37.6. The molecule has 1 rings (SSSR count). The number of carboxylic acid groups (broad SMARTS) is 1. The van der Waals surface area contributed by atoms with Gasteiger partial charge in [0, 0.05) is 0 Å². The lowest BCUT2D eigenvalue weighted by Crippen LogP contribution is -2.56. The summed E-state index contributed by atoms with van der Waals surface area (Å²) in [6.07, 6.45) is -5.04. The second-order valence-corrected chi connectivity index (χ2v) is 2.98. The first-order chi connectivity index (χ1) is 6.80. The van der Waals surface area contributed by atoms with Crippen molar-refractivity contribution >= 4 is 5.97 Å². The predicted molar refractivity (Wildman–Crippen MR) is 46.0 cm³/mol. The van der Waals surface area contributed by atoms with Gasteiger partial charge in [-0.3, -0.25) is 0 Å². The largest absolute Gasteiger partial charge is 0.479 e. The Bertz CT molecular complexity index is 363.